The Bertz CT molecular complexity index is 1170. The maximum Gasteiger partial charge on any atom is 0.410 e. The number of ether oxygens (including phenoxy) is 1. The molecule has 0 aliphatic carbocycles. The fraction of sp³-hybridized carbons (Fsp3) is 0.321. The van der Waals surface area contributed by atoms with Crippen molar-refractivity contribution in [3.8, 4) is 11.1 Å². The number of carbonyl (C=O) groups excluding carboxylic acids is 1. The molecule has 0 aliphatic heterocycles. The number of hydrogen-bond donors (Lipinski definition) is 2. The van der Waals surface area contributed by atoms with E-state index in [0.717, 1.165) is 16.7 Å². The normalized spacial score (nSPS) is 13.1. The van der Waals surface area contributed by atoms with Crippen LogP contribution in [-0.2, 0) is 11.2 Å². The van der Waals surface area contributed by atoms with Gasteiger partial charge in [-0.15, -0.1) is 0 Å². The Hall–Kier alpha value is -3.42. The minimum absolute atomic E-state index is 0.0351. The lowest BCUT2D eigenvalue weighted by atomic mass is 9.99. The van der Waals surface area contributed by atoms with Gasteiger partial charge in [-0.25, -0.2) is 14.6 Å². The van der Waals surface area contributed by atoms with Gasteiger partial charge < -0.3 is 19.8 Å². The van der Waals surface area contributed by atoms with Crippen molar-refractivity contribution in [2.24, 2.45) is 0 Å². The molecule has 2 aromatic carbocycles. The molecular formula is C28H31ClN2O5. The third-order valence-corrected chi connectivity index (χ3v) is 5.84. The molecular weight excluding hydrogens is 480 g/mol. The molecule has 3 aromatic rings. The zero-order valence-electron chi connectivity index (χ0n) is 20.8. The first-order valence-electron chi connectivity index (χ1n) is 11.6. The Morgan fingerprint density at radius 1 is 1.00 bits per heavy atom. The van der Waals surface area contributed by atoms with Gasteiger partial charge in [-0.05, 0) is 69.0 Å². The van der Waals surface area contributed by atoms with Gasteiger partial charge in [0.2, 0.25) is 0 Å². The van der Waals surface area contributed by atoms with Gasteiger partial charge in [-0.3, -0.25) is 0 Å². The van der Waals surface area contributed by atoms with Crippen LogP contribution in [0.2, 0.25) is 5.15 Å². The lowest BCUT2D eigenvalue weighted by molar-refractivity contribution is 0.00543. The van der Waals surface area contributed by atoms with E-state index in [1.165, 1.54) is 11.1 Å². The van der Waals surface area contributed by atoms with Crippen LogP contribution in [0, 0.1) is 0 Å². The van der Waals surface area contributed by atoms with Crippen LogP contribution in [0.15, 0.2) is 66.9 Å². The number of aromatic nitrogens is 1. The zero-order valence-corrected chi connectivity index (χ0v) is 21.6. The minimum atomic E-state index is -0.960. The summed E-state index contributed by atoms with van der Waals surface area (Å²) in [6, 6.07) is 17.6. The molecule has 7 nitrogen and oxygen atoms in total. The largest absolute Gasteiger partial charge is 0.478 e. The van der Waals surface area contributed by atoms with E-state index < -0.39 is 23.8 Å². The number of pyridine rings is 1. The molecule has 0 saturated heterocycles. The summed E-state index contributed by atoms with van der Waals surface area (Å²) in [5.41, 5.74) is 2.98. The molecule has 0 unspecified atom stereocenters. The fourth-order valence-electron chi connectivity index (χ4n) is 3.72. The number of hydrogen-bond acceptors (Lipinski definition) is 5. The van der Waals surface area contributed by atoms with E-state index in [1.807, 2.05) is 31.2 Å². The van der Waals surface area contributed by atoms with E-state index in [1.54, 1.807) is 57.2 Å². The van der Waals surface area contributed by atoms with Gasteiger partial charge in [-0.2, -0.15) is 0 Å². The molecule has 2 N–H and O–H groups in total. The lowest BCUT2D eigenvalue weighted by Crippen LogP contribution is -2.45. The zero-order chi connectivity index (χ0) is 26.5. The Morgan fingerprint density at radius 3 is 2.08 bits per heavy atom. The van der Waals surface area contributed by atoms with Crippen molar-refractivity contribution in [1.29, 1.82) is 0 Å². The van der Waals surface area contributed by atoms with Gasteiger partial charge >= 0.3 is 12.1 Å². The smallest absolute Gasteiger partial charge is 0.410 e. The summed E-state index contributed by atoms with van der Waals surface area (Å²) < 4.78 is 5.62. The number of aliphatic hydroxyl groups excluding tert-OH is 1. The van der Waals surface area contributed by atoms with Crippen molar-refractivity contribution in [1.82, 2.24) is 9.88 Å². The van der Waals surface area contributed by atoms with Crippen LogP contribution in [0.25, 0.3) is 11.1 Å². The molecule has 1 amide bonds. The average Bonchev–Trinajstić information content (AvgIpc) is 2.82. The minimum Gasteiger partial charge on any atom is -0.478 e. The monoisotopic (exact) mass is 510 g/mol. The standard InChI is InChI=1S/C28H31ClN2O5/c1-18(15-19-5-7-20(8-6-19)21-9-11-22(12-10-21)26(33)34)31(27(35)36-28(2,3)4)17-24(32)23-13-14-25(29)30-16-23/h5-14,16,18,24,32H,15,17H2,1-4H3,(H,33,34)/t18-,24+/m1/s1. The van der Waals surface area contributed by atoms with Gasteiger partial charge in [0.15, 0.2) is 0 Å². The predicted molar refractivity (Wildman–Crippen MR) is 139 cm³/mol. The summed E-state index contributed by atoms with van der Waals surface area (Å²) in [5, 5.41) is 20.2. The maximum atomic E-state index is 13.0. The maximum absolute atomic E-state index is 13.0. The molecule has 1 aromatic heterocycles. The van der Waals surface area contributed by atoms with Gasteiger partial charge in [0, 0.05) is 17.8 Å². The summed E-state index contributed by atoms with van der Waals surface area (Å²) in [6.45, 7) is 7.35. The number of carboxylic acids is 1. The van der Waals surface area contributed by atoms with Gasteiger partial charge in [0.05, 0.1) is 18.2 Å². The lowest BCUT2D eigenvalue weighted by Gasteiger charge is -2.33. The number of rotatable bonds is 8. The number of halogens is 1. The Kier molecular flexibility index (Phi) is 8.71. The van der Waals surface area contributed by atoms with Crippen molar-refractivity contribution in [2.45, 2.75) is 51.9 Å². The molecule has 0 saturated carbocycles. The third-order valence-electron chi connectivity index (χ3n) is 5.61. The number of amides is 1. The molecule has 36 heavy (non-hydrogen) atoms. The van der Waals surface area contributed by atoms with E-state index in [2.05, 4.69) is 4.98 Å². The summed E-state index contributed by atoms with van der Waals surface area (Å²) >= 11 is 5.85. The molecule has 2 atom stereocenters. The highest BCUT2D eigenvalue weighted by Gasteiger charge is 2.28. The van der Waals surface area contributed by atoms with E-state index in [0.29, 0.717) is 17.1 Å². The Labute approximate surface area is 216 Å². The van der Waals surface area contributed by atoms with Gasteiger partial charge in [0.25, 0.3) is 0 Å². The Balaban J connectivity index is 1.75. The topological polar surface area (TPSA) is 100.0 Å². The number of aromatic carboxylic acids is 1. The molecule has 0 fully saturated rings. The number of carbonyl (C=O) groups is 2. The first-order chi connectivity index (χ1) is 16.9. The van der Waals surface area contributed by atoms with Crippen molar-refractivity contribution in [3.63, 3.8) is 0 Å². The van der Waals surface area contributed by atoms with Crippen LogP contribution >= 0.6 is 11.6 Å². The van der Waals surface area contributed by atoms with E-state index in [-0.39, 0.29) is 18.2 Å². The van der Waals surface area contributed by atoms with Crippen LogP contribution in [0.1, 0.15) is 55.3 Å². The fourth-order valence-corrected chi connectivity index (χ4v) is 3.83. The molecule has 3 rings (SSSR count). The van der Waals surface area contributed by atoms with Crippen LogP contribution in [0.5, 0.6) is 0 Å². The Morgan fingerprint density at radius 2 is 1.58 bits per heavy atom. The highest BCUT2D eigenvalue weighted by atomic mass is 35.5. The van der Waals surface area contributed by atoms with E-state index in [9.17, 15) is 14.7 Å². The number of aliphatic hydroxyl groups is 1. The first kappa shape index (κ1) is 27.2. The molecule has 8 heteroatoms. The second kappa shape index (κ2) is 11.5. The predicted octanol–water partition coefficient (Wildman–Crippen LogP) is 6.00. The molecule has 1 heterocycles. The van der Waals surface area contributed by atoms with Crippen LogP contribution < -0.4 is 0 Å². The van der Waals surface area contributed by atoms with Crippen molar-refractivity contribution < 1.29 is 24.5 Å². The summed E-state index contributed by atoms with van der Waals surface area (Å²) in [5.74, 6) is -0.960. The average molecular weight is 511 g/mol. The van der Waals surface area contributed by atoms with Crippen LogP contribution in [-0.4, -0.2) is 50.3 Å². The third kappa shape index (κ3) is 7.54. The molecule has 0 spiro atoms. The molecule has 0 bridgehead atoms. The quantitative estimate of drug-likeness (QED) is 0.360. The van der Waals surface area contributed by atoms with Crippen LogP contribution in [0.4, 0.5) is 4.79 Å². The second-order valence-electron chi connectivity index (χ2n) is 9.70. The molecule has 0 radical (unpaired) electrons. The molecule has 0 aliphatic rings. The van der Waals surface area contributed by atoms with E-state index in [4.69, 9.17) is 21.4 Å². The first-order valence-corrected chi connectivity index (χ1v) is 12.0. The summed E-state index contributed by atoms with van der Waals surface area (Å²) in [4.78, 5) is 29.7. The number of nitrogens with zero attached hydrogens (tertiary/aromatic N) is 2. The second-order valence-corrected chi connectivity index (χ2v) is 10.1. The van der Waals surface area contributed by atoms with E-state index >= 15 is 0 Å². The number of benzene rings is 2. The van der Waals surface area contributed by atoms with Crippen LogP contribution in [0.3, 0.4) is 0 Å². The summed E-state index contributed by atoms with van der Waals surface area (Å²) in [6.07, 6.45) is 0.572. The SMILES string of the molecule is C[C@H](Cc1ccc(-c2ccc(C(=O)O)cc2)cc1)N(C[C@H](O)c1ccc(Cl)nc1)C(=O)OC(C)(C)C. The van der Waals surface area contributed by atoms with Crippen molar-refractivity contribution in [3.05, 3.63) is 88.7 Å². The van der Waals surface area contributed by atoms with Crippen molar-refractivity contribution >= 4 is 23.7 Å². The highest BCUT2D eigenvalue weighted by Crippen LogP contribution is 2.23. The highest BCUT2D eigenvalue weighted by molar-refractivity contribution is 6.29. The summed E-state index contributed by atoms with van der Waals surface area (Å²) in [7, 11) is 0. The van der Waals surface area contributed by atoms with Gasteiger partial charge in [0.1, 0.15) is 10.8 Å². The number of carboxylic acid groups (broad SMARTS) is 1. The van der Waals surface area contributed by atoms with Gasteiger partial charge in [-0.1, -0.05) is 54.1 Å². The van der Waals surface area contributed by atoms with Crippen molar-refractivity contribution in [2.75, 3.05) is 6.54 Å². The molecule has 190 valence electrons.